The van der Waals surface area contributed by atoms with Gasteiger partial charge in [0.25, 0.3) is 0 Å². The molecule has 1 saturated carbocycles. The summed E-state index contributed by atoms with van der Waals surface area (Å²) < 4.78 is 25.7. The molecule has 1 rings (SSSR count). The van der Waals surface area contributed by atoms with Crippen LogP contribution in [0.4, 0.5) is 8.78 Å². The number of rotatable bonds is 4. The molecule has 16 heavy (non-hydrogen) atoms. The Kier molecular flexibility index (Phi) is 4.65. The second kappa shape index (κ2) is 5.57. The first kappa shape index (κ1) is 13.4. The Morgan fingerprint density at radius 3 is 2.50 bits per heavy atom. The summed E-state index contributed by atoms with van der Waals surface area (Å²) in [6.45, 7) is 2.50. The molecule has 3 nitrogen and oxygen atoms in total. The van der Waals surface area contributed by atoms with Crippen LogP contribution in [0.5, 0.6) is 0 Å². The third-order valence-corrected chi connectivity index (χ3v) is 3.16. The minimum absolute atomic E-state index is 0.0856. The molecule has 0 aliphatic heterocycles. The van der Waals surface area contributed by atoms with Crippen LogP contribution in [0.25, 0.3) is 0 Å². The molecule has 94 valence electrons. The van der Waals surface area contributed by atoms with Gasteiger partial charge in [0, 0.05) is 31.3 Å². The first-order chi connectivity index (χ1) is 7.44. The number of amides is 1. The Balaban J connectivity index is 2.28. The van der Waals surface area contributed by atoms with E-state index >= 15 is 0 Å². The van der Waals surface area contributed by atoms with Crippen molar-refractivity contribution in [3.63, 3.8) is 0 Å². The lowest BCUT2D eigenvalue weighted by atomic mass is 9.86. The maximum Gasteiger partial charge on any atom is 0.248 e. The van der Waals surface area contributed by atoms with E-state index in [4.69, 9.17) is 0 Å². The van der Waals surface area contributed by atoms with E-state index in [2.05, 4.69) is 10.6 Å². The summed E-state index contributed by atoms with van der Waals surface area (Å²) in [5.74, 6) is -2.88. The number of halogens is 2. The molecule has 0 bridgehead atoms. The third kappa shape index (κ3) is 4.04. The zero-order chi connectivity index (χ0) is 12.2. The van der Waals surface area contributed by atoms with Crippen molar-refractivity contribution in [2.75, 3.05) is 13.6 Å². The standard InChI is InChI=1S/C11H20F2N2O/c1-8(14-2)7-15-10(16)9-3-5-11(12,13)6-4-9/h8-9,14H,3-7H2,1-2H3,(H,15,16). The van der Waals surface area contributed by atoms with Crippen molar-refractivity contribution in [1.29, 1.82) is 0 Å². The molecular weight excluding hydrogens is 214 g/mol. The van der Waals surface area contributed by atoms with Gasteiger partial charge in [0.05, 0.1) is 0 Å². The van der Waals surface area contributed by atoms with Crippen molar-refractivity contribution in [1.82, 2.24) is 10.6 Å². The van der Waals surface area contributed by atoms with Crippen LogP contribution in [-0.2, 0) is 4.79 Å². The Morgan fingerprint density at radius 1 is 1.44 bits per heavy atom. The fourth-order valence-corrected chi connectivity index (χ4v) is 1.80. The van der Waals surface area contributed by atoms with Gasteiger partial charge < -0.3 is 10.6 Å². The Labute approximate surface area is 95.0 Å². The third-order valence-electron chi connectivity index (χ3n) is 3.16. The highest BCUT2D eigenvalue weighted by Gasteiger charge is 2.37. The van der Waals surface area contributed by atoms with Crippen LogP contribution < -0.4 is 10.6 Å². The van der Waals surface area contributed by atoms with Gasteiger partial charge in [-0.15, -0.1) is 0 Å². The fraction of sp³-hybridized carbons (Fsp3) is 0.909. The topological polar surface area (TPSA) is 41.1 Å². The van der Waals surface area contributed by atoms with E-state index in [0.717, 1.165) is 0 Å². The SMILES string of the molecule is CNC(C)CNC(=O)C1CCC(F)(F)CC1. The van der Waals surface area contributed by atoms with Crippen LogP contribution in [0.3, 0.4) is 0 Å². The van der Waals surface area contributed by atoms with Crippen LogP contribution >= 0.6 is 0 Å². The molecule has 1 aliphatic rings. The van der Waals surface area contributed by atoms with Crippen molar-refractivity contribution >= 4 is 5.91 Å². The second-order valence-corrected chi connectivity index (χ2v) is 4.57. The largest absolute Gasteiger partial charge is 0.354 e. The summed E-state index contributed by atoms with van der Waals surface area (Å²) in [6, 6.07) is 0.203. The van der Waals surface area contributed by atoms with Gasteiger partial charge in [0.2, 0.25) is 11.8 Å². The van der Waals surface area contributed by atoms with Gasteiger partial charge >= 0.3 is 0 Å². The van der Waals surface area contributed by atoms with Crippen LogP contribution in [0.15, 0.2) is 0 Å². The van der Waals surface area contributed by atoms with E-state index in [1.165, 1.54) is 0 Å². The Hall–Kier alpha value is -0.710. The lowest BCUT2D eigenvalue weighted by Gasteiger charge is -2.27. The van der Waals surface area contributed by atoms with Gasteiger partial charge in [0.15, 0.2) is 0 Å². The fourth-order valence-electron chi connectivity index (χ4n) is 1.80. The number of alkyl halides is 2. The number of hydrogen-bond donors (Lipinski definition) is 2. The van der Waals surface area contributed by atoms with Gasteiger partial charge in [-0.05, 0) is 26.8 Å². The highest BCUT2D eigenvalue weighted by Crippen LogP contribution is 2.36. The van der Waals surface area contributed by atoms with Crippen LogP contribution in [0.1, 0.15) is 32.6 Å². The number of hydrogen-bond acceptors (Lipinski definition) is 2. The number of nitrogens with one attached hydrogen (secondary N) is 2. The molecule has 1 unspecified atom stereocenters. The lowest BCUT2D eigenvalue weighted by Crippen LogP contribution is -2.41. The van der Waals surface area contributed by atoms with E-state index < -0.39 is 5.92 Å². The maximum atomic E-state index is 12.9. The van der Waals surface area contributed by atoms with E-state index in [0.29, 0.717) is 19.4 Å². The van der Waals surface area contributed by atoms with Crippen molar-refractivity contribution in [2.45, 2.75) is 44.6 Å². The normalized spacial score (nSPS) is 22.8. The molecule has 5 heteroatoms. The van der Waals surface area contributed by atoms with Gasteiger partial charge in [-0.25, -0.2) is 8.78 Å². The summed E-state index contributed by atoms with van der Waals surface area (Å²) in [7, 11) is 1.82. The van der Waals surface area contributed by atoms with Crippen molar-refractivity contribution in [3.8, 4) is 0 Å². The summed E-state index contributed by atoms with van der Waals surface area (Å²) in [6.07, 6.45) is 0.277. The predicted octanol–water partition coefficient (Wildman–Crippen LogP) is 1.54. The smallest absolute Gasteiger partial charge is 0.248 e. The van der Waals surface area contributed by atoms with Gasteiger partial charge in [0.1, 0.15) is 0 Å². The summed E-state index contributed by atoms with van der Waals surface area (Å²) in [5, 5.41) is 5.79. The zero-order valence-electron chi connectivity index (χ0n) is 9.85. The van der Waals surface area contributed by atoms with Gasteiger partial charge in [-0.1, -0.05) is 0 Å². The molecule has 0 spiro atoms. The highest BCUT2D eigenvalue weighted by molar-refractivity contribution is 5.78. The van der Waals surface area contributed by atoms with E-state index in [-0.39, 0.29) is 30.7 Å². The summed E-state index contributed by atoms with van der Waals surface area (Å²) in [5.41, 5.74) is 0. The Morgan fingerprint density at radius 2 is 2.00 bits per heavy atom. The summed E-state index contributed by atoms with van der Waals surface area (Å²) >= 11 is 0. The quantitative estimate of drug-likeness (QED) is 0.774. The number of carbonyl (C=O) groups excluding carboxylic acids is 1. The molecule has 2 N–H and O–H groups in total. The molecule has 0 heterocycles. The molecule has 0 aromatic carbocycles. The minimum Gasteiger partial charge on any atom is -0.354 e. The second-order valence-electron chi connectivity index (χ2n) is 4.57. The van der Waals surface area contributed by atoms with Gasteiger partial charge in [-0.3, -0.25) is 4.79 Å². The van der Waals surface area contributed by atoms with Gasteiger partial charge in [-0.2, -0.15) is 0 Å². The first-order valence-corrected chi connectivity index (χ1v) is 5.77. The van der Waals surface area contributed by atoms with E-state index in [1.54, 1.807) is 0 Å². The highest BCUT2D eigenvalue weighted by atomic mass is 19.3. The molecule has 0 radical (unpaired) electrons. The maximum absolute atomic E-state index is 12.9. The summed E-state index contributed by atoms with van der Waals surface area (Å²) in [4.78, 5) is 11.6. The molecular formula is C11H20F2N2O. The van der Waals surface area contributed by atoms with Crippen molar-refractivity contribution < 1.29 is 13.6 Å². The Bertz CT molecular complexity index is 236. The van der Waals surface area contributed by atoms with Crippen LogP contribution in [0.2, 0.25) is 0 Å². The molecule has 1 aliphatic carbocycles. The minimum atomic E-state index is -2.56. The lowest BCUT2D eigenvalue weighted by molar-refractivity contribution is -0.129. The molecule has 1 fully saturated rings. The number of carbonyl (C=O) groups is 1. The molecule has 1 atom stereocenters. The van der Waals surface area contributed by atoms with Crippen LogP contribution in [0, 0.1) is 5.92 Å². The van der Waals surface area contributed by atoms with Crippen LogP contribution in [-0.4, -0.2) is 31.5 Å². The number of likely N-dealkylation sites (N-methyl/N-ethyl adjacent to an activating group) is 1. The van der Waals surface area contributed by atoms with E-state index in [1.807, 2.05) is 14.0 Å². The molecule has 0 aromatic heterocycles. The first-order valence-electron chi connectivity index (χ1n) is 5.77. The monoisotopic (exact) mass is 234 g/mol. The molecule has 0 aromatic rings. The van der Waals surface area contributed by atoms with Crippen molar-refractivity contribution in [3.05, 3.63) is 0 Å². The zero-order valence-corrected chi connectivity index (χ0v) is 9.85. The molecule has 0 saturated heterocycles. The predicted molar refractivity (Wildman–Crippen MR) is 58.4 cm³/mol. The van der Waals surface area contributed by atoms with E-state index in [9.17, 15) is 13.6 Å². The average molecular weight is 234 g/mol. The van der Waals surface area contributed by atoms with Crippen molar-refractivity contribution in [2.24, 2.45) is 5.92 Å². The average Bonchev–Trinajstić information content (AvgIpc) is 2.25. The molecule has 1 amide bonds.